The molecule has 1 rings (SSSR count). The first-order chi connectivity index (χ1) is 6.50. The van der Waals surface area contributed by atoms with Gasteiger partial charge in [-0.1, -0.05) is 11.6 Å². The van der Waals surface area contributed by atoms with Crippen LogP contribution in [0.15, 0.2) is 12.1 Å². The zero-order valence-electron chi connectivity index (χ0n) is 6.88. The molecule has 1 aromatic heterocycles. The van der Waals surface area contributed by atoms with Crippen molar-refractivity contribution in [2.24, 2.45) is 0 Å². The van der Waals surface area contributed by atoms with Crippen LogP contribution in [0.4, 0.5) is 8.78 Å². The van der Waals surface area contributed by atoms with E-state index in [0.29, 0.717) is 0 Å². The van der Waals surface area contributed by atoms with E-state index in [1.165, 1.54) is 12.1 Å². The quantitative estimate of drug-likeness (QED) is 0.852. The second-order valence-electron chi connectivity index (χ2n) is 2.54. The highest BCUT2D eigenvalue weighted by Crippen LogP contribution is 2.24. The maximum Gasteiger partial charge on any atom is 0.309 e. The molecule has 0 atom stereocenters. The summed E-state index contributed by atoms with van der Waals surface area (Å²) in [4.78, 5) is 13.7. The number of carbonyl (C=O) groups is 1. The molecule has 0 fully saturated rings. The zero-order chi connectivity index (χ0) is 10.7. The minimum absolute atomic E-state index is 0.0669. The number of carboxylic acid groups (broad SMARTS) is 1. The average Bonchev–Trinajstić information content (AvgIpc) is 2.07. The van der Waals surface area contributed by atoms with Gasteiger partial charge in [0.2, 0.25) is 0 Å². The van der Waals surface area contributed by atoms with E-state index in [0.717, 1.165) is 0 Å². The fraction of sp³-hybridized carbons (Fsp3) is 0.250. The number of hydrogen-bond acceptors (Lipinski definition) is 2. The summed E-state index contributed by atoms with van der Waals surface area (Å²) in [7, 11) is 0. The number of aliphatic carboxylic acids is 1. The number of alkyl halides is 2. The minimum atomic E-state index is -2.80. The number of carboxylic acids is 1. The first-order valence-corrected chi connectivity index (χ1v) is 4.03. The zero-order valence-corrected chi connectivity index (χ0v) is 7.63. The van der Waals surface area contributed by atoms with Gasteiger partial charge in [-0.2, -0.15) is 0 Å². The number of aromatic nitrogens is 1. The first kappa shape index (κ1) is 10.8. The van der Waals surface area contributed by atoms with E-state index in [4.69, 9.17) is 16.7 Å². The van der Waals surface area contributed by atoms with Gasteiger partial charge >= 0.3 is 5.97 Å². The van der Waals surface area contributed by atoms with Crippen molar-refractivity contribution in [3.63, 3.8) is 0 Å². The van der Waals surface area contributed by atoms with Crippen molar-refractivity contribution in [2.75, 3.05) is 0 Å². The fourth-order valence-electron chi connectivity index (χ4n) is 0.907. The summed E-state index contributed by atoms with van der Waals surface area (Å²) >= 11 is 5.44. The monoisotopic (exact) mass is 221 g/mol. The highest BCUT2D eigenvalue weighted by Gasteiger charge is 2.15. The van der Waals surface area contributed by atoms with E-state index in [-0.39, 0.29) is 10.7 Å². The lowest BCUT2D eigenvalue weighted by Gasteiger charge is -2.03. The Morgan fingerprint density at radius 3 is 2.71 bits per heavy atom. The molecular weight excluding hydrogens is 216 g/mol. The van der Waals surface area contributed by atoms with E-state index in [9.17, 15) is 13.6 Å². The molecule has 76 valence electrons. The van der Waals surface area contributed by atoms with Crippen LogP contribution >= 0.6 is 11.6 Å². The van der Waals surface area contributed by atoms with Crippen LogP contribution in [0.25, 0.3) is 0 Å². The molecular formula is C8H6ClF2NO2. The van der Waals surface area contributed by atoms with Crippen LogP contribution in [0, 0.1) is 0 Å². The Hall–Kier alpha value is -1.23. The van der Waals surface area contributed by atoms with Crippen LogP contribution in [0.1, 0.15) is 17.8 Å². The van der Waals surface area contributed by atoms with Crippen molar-refractivity contribution >= 4 is 17.6 Å². The van der Waals surface area contributed by atoms with E-state index in [1.54, 1.807) is 0 Å². The Bertz CT molecular complexity index is 357. The molecule has 3 nitrogen and oxygen atoms in total. The Kier molecular flexibility index (Phi) is 3.35. The Labute approximate surface area is 83.3 Å². The Morgan fingerprint density at radius 2 is 2.21 bits per heavy atom. The lowest BCUT2D eigenvalue weighted by atomic mass is 10.2. The molecule has 1 aromatic rings. The summed E-state index contributed by atoms with van der Waals surface area (Å²) in [5.74, 6) is -1.12. The van der Waals surface area contributed by atoms with Crippen molar-refractivity contribution < 1.29 is 18.7 Å². The summed E-state index contributed by atoms with van der Waals surface area (Å²) in [6, 6.07) is 2.52. The molecule has 0 aliphatic rings. The van der Waals surface area contributed by atoms with Gasteiger partial charge in [0.05, 0.1) is 17.1 Å². The van der Waals surface area contributed by atoms with Crippen molar-refractivity contribution in [1.82, 2.24) is 4.98 Å². The molecule has 0 aromatic carbocycles. The summed E-state index contributed by atoms with van der Waals surface area (Å²) < 4.78 is 24.5. The number of nitrogens with zero attached hydrogens (tertiary/aromatic N) is 1. The SMILES string of the molecule is O=C(O)Cc1ccc(Cl)c(C(F)F)n1. The van der Waals surface area contributed by atoms with E-state index >= 15 is 0 Å². The topological polar surface area (TPSA) is 50.2 Å². The van der Waals surface area contributed by atoms with Crippen LogP contribution in [0.5, 0.6) is 0 Å². The predicted molar refractivity (Wildman–Crippen MR) is 45.5 cm³/mol. The van der Waals surface area contributed by atoms with Crippen LogP contribution in [0.2, 0.25) is 5.02 Å². The summed E-state index contributed by atoms with van der Waals surface area (Å²) in [5, 5.41) is 8.25. The van der Waals surface area contributed by atoms with Crippen molar-refractivity contribution in [1.29, 1.82) is 0 Å². The number of hydrogen-bond donors (Lipinski definition) is 1. The smallest absolute Gasteiger partial charge is 0.309 e. The average molecular weight is 222 g/mol. The molecule has 0 saturated carbocycles. The van der Waals surface area contributed by atoms with E-state index in [1.807, 2.05) is 0 Å². The Morgan fingerprint density at radius 1 is 1.57 bits per heavy atom. The van der Waals surface area contributed by atoms with Gasteiger partial charge in [0, 0.05) is 0 Å². The lowest BCUT2D eigenvalue weighted by Crippen LogP contribution is -2.04. The molecule has 1 N–H and O–H groups in total. The van der Waals surface area contributed by atoms with Gasteiger partial charge in [0.1, 0.15) is 5.69 Å². The molecule has 0 unspecified atom stereocenters. The summed E-state index contributed by atoms with van der Waals surface area (Å²) in [5.41, 5.74) is -0.511. The first-order valence-electron chi connectivity index (χ1n) is 3.66. The molecule has 0 aliphatic carbocycles. The van der Waals surface area contributed by atoms with Gasteiger partial charge < -0.3 is 5.11 Å². The molecule has 14 heavy (non-hydrogen) atoms. The van der Waals surface area contributed by atoms with Crippen molar-refractivity contribution in [3.05, 3.63) is 28.5 Å². The highest BCUT2D eigenvalue weighted by molar-refractivity contribution is 6.31. The second kappa shape index (κ2) is 4.32. The number of pyridine rings is 1. The largest absolute Gasteiger partial charge is 0.481 e. The molecule has 0 spiro atoms. The summed E-state index contributed by atoms with van der Waals surface area (Å²) in [6.45, 7) is 0. The summed E-state index contributed by atoms with van der Waals surface area (Å²) in [6.07, 6.45) is -3.19. The molecule has 0 amide bonds. The molecule has 1 heterocycles. The fourth-order valence-corrected chi connectivity index (χ4v) is 1.09. The predicted octanol–water partition coefficient (Wildman–Crippen LogP) is 2.30. The van der Waals surface area contributed by atoms with E-state index in [2.05, 4.69) is 4.98 Å². The molecule has 0 aliphatic heterocycles. The van der Waals surface area contributed by atoms with Gasteiger partial charge in [0.15, 0.2) is 0 Å². The van der Waals surface area contributed by atoms with Crippen LogP contribution in [-0.4, -0.2) is 16.1 Å². The minimum Gasteiger partial charge on any atom is -0.481 e. The number of rotatable bonds is 3. The normalized spacial score (nSPS) is 10.6. The van der Waals surface area contributed by atoms with Gasteiger partial charge in [-0.15, -0.1) is 0 Å². The maximum absolute atomic E-state index is 12.3. The third kappa shape index (κ3) is 2.63. The van der Waals surface area contributed by atoms with Gasteiger partial charge in [-0.3, -0.25) is 4.79 Å². The third-order valence-corrected chi connectivity index (χ3v) is 1.79. The van der Waals surface area contributed by atoms with Crippen molar-refractivity contribution in [2.45, 2.75) is 12.8 Å². The van der Waals surface area contributed by atoms with Crippen LogP contribution in [-0.2, 0) is 11.2 Å². The lowest BCUT2D eigenvalue weighted by molar-refractivity contribution is -0.136. The Balaban J connectivity index is 3.00. The third-order valence-electron chi connectivity index (χ3n) is 1.47. The van der Waals surface area contributed by atoms with Crippen LogP contribution < -0.4 is 0 Å². The van der Waals surface area contributed by atoms with Gasteiger partial charge in [0.25, 0.3) is 6.43 Å². The van der Waals surface area contributed by atoms with E-state index < -0.39 is 24.5 Å². The molecule has 6 heteroatoms. The van der Waals surface area contributed by atoms with Gasteiger partial charge in [-0.25, -0.2) is 13.8 Å². The molecule has 0 bridgehead atoms. The molecule has 0 saturated heterocycles. The molecule has 0 radical (unpaired) electrons. The van der Waals surface area contributed by atoms with Crippen molar-refractivity contribution in [3.8, 4) is 0 Å². The van der Waals surface area contributed by atoms with Gasteiger partial charge in [-0.05, 0) is 12.1 Å². The number of halogens is 3. The van der Waals surface area contributed by atoms with Crippen LogP contribution in [0.3, 0.4) is 0 Å². The standard InChI is InChI=1S/C8H6ClF2NO2/c9-5-2-1-4(3-6(13)14)12-7(5)8(10)11/h1-2,8H,3H2,(H,13,14). The second-order valence-corrected chi connectivity index (χ2v) is 2.95. The maximum atomic E-state index is 12.3. The highest BCUT2D eigenvalue weighted by atomic mass is 35.5.